The van der Waals surface area contributed by atoms with Crippen molar-refractivity contribution < 1.29 is 34.4 Å². The molecule has 0 bridgehead atoms. The van der Waals surface area contributed by atoms with Crippen LogP contribution in [0.15, 0.2) is 0 Å². The molecule has 1 heterocycles. The van der Waals surface area contributed by atoms with Gasteiger partial charge in [0.15, 0.2) is 6.29 Å². The minimum atomic E-state index is -1.32. The zero-order chi connectivity index (χ0) is 20.6. The summed E-state index contributed by atoms with van der Waals surface area (Å²) in [5, 5.41) is 32.0. The molecule has 158 valence electrons. The summed E-state index contributed by atoms with van der Waals surface area (Å²) >= 11 is 0. The fourth-order valence-corrected chi connectivity index (χ4v) is 3.42. The highest BCUT2D eigenvalue weighted by atomic mass is 16.7. The summed E-state index contributed by atoms with van der Waals surface area (Å²) in [6, 6.07) is -0.920. The Balaban J connectivity index is 2.53. The summed E-state index contributed by atoms with van der Waals surface area (Å²) in [4.78, 5) is 22.9. The normalized spacial score (nSPS) is 30.6. The van der Waals surface area contributed by atoms with E-state index < -0.39 is 37.3 Å². The van der Waals surface area contributed by atoms with Crippen molar-refractivity contribution in [3.05, 3.63) is 0 Å². The number of ether oxygens (including phenoxy) is 2. The molecule has 1 aliphatic heterocycles. The summed E-state index contributed by atoms with van der Waals surface area (Å²) in [6.45, 7) is 7.17. The second-order valence-electron chi connectivity index (χ2n) is 7.63. The van der Waals surface area contributed by atoms with Crippen molar-refractivity contribution in [2.45, 2.75) is 84.0 Å². The first-order valence-corrected chi connectivity index (χ1v) is 9.72. The van der Waals surface area contributed by atoms with E-state index in [2.05, 4.69) is 19.2 Å². The van der Waals surface area contributed by atoms with Crippen LogP contribution in [0, 0.1) is 11.8 Å². The largest absolute Gasteiger partial charge is 0.394 e. The van der Waals surface area contributed by atoms with Gasteiger partial charge in [-0.05, 0) is 24.7 Å². The number of ketones is 1. The maximum atomic E-state index is 11.5. The Labute approximate surface area is 161 Å². The molecule has 1 saturated heterocycles. The topological polar surface area (TPSA) is 125 Å². The van der Waals surface area contributed by atoms with Crippen molar-refractivity contribution in [3.63, 3.8) is 0 Å². The zero-order valence-electron chi connectivity index (χ0n) is 16.8. The lowest BCUT2D eigenvalue weighted by Gasteiger charge is -2.42. The Morgan fingerprint density at radius 2 is 1.85 bits per heavy atom. The molecule has 0 spiro atoms. The highest BCUT2D eigenvalue weighted by Crippen LogP contribution is 2.24. The van der Waals surface area contributed by atoms with Gasteiger partial charge in [0.05, 0.1) is 13.2 Å². The van der Waals surface area contributed by atoms with E-state index in [-0.39, 0.29) is 11.7 Å². The van der Waals surface area contributed by atoms with Gasteiger partial charge in [0.2, 0.25) is 5.91 Å². The molecule has 1 fully saturated rings. The quantitative estimate of drug-likeness (QED) is 0.402. The summed E-state index contributed by atoms with van der Waals surface area (Å²) in [5.74, 6) is 0.522. The number of Topliss-reactive ketones (excluding diaryl/α,β-unsaturated/α-hetero) is 1. The average molecular weight is 389 g/mol. The van der Waals surface area contributed by atoms with Gasteiger partial charge in [-0.1, -0.05) is 20.8 Å². The van der Waals surface area contributed by atoms with E-state index in [1.165, 1.54) is 6.92 Å². The molecule has 5 unspecified atom stereocenters. The molecular formula is C19H35NO7. The van der Waals surface area contributed by atoms with E-state index in [0.29, 0.717) is 31.3 Å². The molecule has 1 rings (SSSR count). The molecule has 1 aliphatic rings. The summed E-state index contributed by atoms with van der Waals surface area (Å²) < 4.78 is 11.2. The van der Waals surface area contributed by atoms with Gasteiger partial charge < -0.3 is 30.1 Å². The number of carbonyl (C=O) groups is 2. The molecule has 7 atom stereocenters. The Hall–Kier alpha value is -1.06. The Bertz CT molecular complexity index is 473. The number of carbonyl (C=O) groups excluding carboxylic acids is 2. The summed E-state index contributed by atoms with van der Waals surface area (Å²) in [6.07, 6.45) is -1.80. The number of aliphatic hydroxyl groups is 3. The van der Waals surface area contributed by atoms with Crippen LogP contribution in [0.4, 0.5) is 0 Å². The van der Waals surface area contributed by atoms with Crippen LogP contribution < -0.4 is 5.32 Å². The molecule has 8 heteroatoms. The first-order valence-electron chi connectivity index (χ1n) is 9.72. The van der Waals surface area contributed by atoms with E-state index in [1.54, 1.807) is 0 Å². The maximum absolute atomic E-state index is 11.5. The van der Waals surface area contributed by atoms with Gasteiger partial charge in [-0.25, -0.2) is 0 Å². The summed E-state index contributed by atoms with van der Waals surface area (Å²) in [7, 11) is 0. The van der Waals surface area contributed by atoms with E-state index in [4.69, 9.17) is 9.47 Å². The third-order valence-corrected chi connectivity index (χ3v) is 4.92. The fraction of sp³-hybridized carbons (Fsp3) is 0.895. The average Bonchev–Trinajstić information content (AvgIpc) is 2.60. The van der Waals surface area contributed by atoms with Gasteiger partial charge in [0, 0.05) is 19.8 Å². The molecule has 0 aliphatic carbocycles. The van der Waals surface area contributed by atoms with Crippen molar-refractivity contribution >= 4 is 11.7 Å². The monoisotopic (exact) mass is 389 g/mol. The SMILES string of the molecule is CCC(=O)CC(C)CC(C)CCO[C@@H]1OC(CO)[C@@H](O)C(O)C1NC(C)=O. The van der Waals surface area contributed by atoms with E-state index in [1.807, 2.05) is 6.92 Å². The second-order valence-corrected chi connectivity index (χ2v) is 7.63. The van der Waals surface area contributed by atoms with Crippen molar-refractivity contribution in [2.24, 2.45) is 11.8 Å². The Morgan fingerprint density at radius 1 is 1.19 bits per heavy atom. The third-order valence-electron chi connectivity index (χ3n) is 4.92. The predicted octanol–water partition coefficient (Wildman–Crippen LogP) is 0.368. The number of aliphatic hydroxyl groups excluding tert-OH is 3. The van der Waals surface area contributed by atoms with Crippen LogP contribution in [0.25, 0.3) is 0 Å². The highest BCUT2D eigenvalue weighted by molar-refractivity contribution is 5.78. The molecular weight excluding hydrogens is 354 g/mol. The molecule has 4 N–H and O–H groups in total. The van der Waals surface area contributed by atoms with Crippen molar-refractivity contribution in [1.82, 2.24) is 5.32 Å². The fourth-order valence-electron chi connectivity index (χ4n) is 3.42. The number of hydrogen-bond acceptors (Lipinski definition) is 7. The first kappa shape index (κ1) is 24.0. The molecule has 0 aromatic heterocycles. The smallest absolute Gasteiger partial charge is 0.217 e. The molecule has 1 amide bonds. The van der Waals surface area contributed by atoms with Crippen LogP contribution in [-0.2, 0) is 19.1 Å². The summed E-state index contributed by atoms with van der Waals surface area (Å²) in [5.41, 5.74) is 0. The predicted molar refractivity (Wildman–Crippen MR) is 98.8 cm³/mol. The van der Waals surface area contributed by atoms with Crippen LogP contribution in [0.5, 0.6) is 0 Å². The first-order chi connectivity index (χ1) is 12.7. The van der Waals surface area contributed by atoms with Crippen LogP contribution in [0.1, 0.15) is 53.4 Å². The molecule has 0 saturated carbocycles. The Kier molecular flexibility index (Phi) is 10.4. The van der Waals surface area contributed by atoms with Crippen molar-refractivity contribution in [2.75, 3.05) is 13.2 Å². The minimum Gasteiger partial charge on any atom is -0.394 e. The van der Waals surface area contributed by atoms with E-state index in [0.717, 1.165) is 12.8 Å². The lowest BCUT2D eigenvalue weighted by molar-refractivity contribution is -0.270. The standard InChI is InChI=1S/C19H35NO7/c1-5-14(23)9-12(3)8-11(2)6-7-26-19-16(20-13(4)22)18(25)17(24)15(10-21)27-19/h11-12,15-19,21,24-25H,5-10H2,1-4H3,(H,20,22)/t11?,12?,15?,16?,17-,18?,19-/m1/s1. The van der Waals surface area contributed by atoms with Gasteiger partial charge in [-0.15, -0.1) is 0 Å². The van der Waals surface area contributed by atoms with E-state index >= 15 is 0 Å². The molecule has 0 aromatic rings. The van der Waals surface area contributed by atoms with Gasteiger partial charge >= 0.3 is 0 Å². The molecule has 0 aromatic carbocycles. The van der Waals surface area contributed by atoms with Crippen LogP contribution in [0.3, 0.4) is 0 Å². The molecule has 8 nitrogen and oxygen atoms in total. The molecule has 27 heavy (non-hydrogen) atoms. The highest BCUT2D eigenvalue weighted by Gasteiger charge is 2.45. The number of amides is 1. The van der Waals surface area contributed by atoms with Crippen LogP contribution in [0.2, 0.25) is 0 Å². The van der Waals surface area contributed by atoms with Gasteiger partial charge in [0.25, 0.3) is 0 Å². The van der Waals surface area contributed by atoms with Crippen LogP contribution in [-0.4, -0.2) is 70.9 Å². The number of rotatable bonds is 11. The Morgan fingerprint density at radius 3 is 2.41 bits per heavy atom. The maximum Gasteiger partial charge on any atom is 0.217 e. The third kappa shape index (κ3) is 7.83. The number of nitrogens with one attached hydrogen (secondary N) is 1. The van der Waals surface area contributed by atoms with Crippen LogP contribution >= 0.6 is 0 Å². The van der Waals surface area contributed by atoms with E-state index in [9.17, 15) is 24.9 Å². The van der Waals surface area contributed by atoms with Gasteiger partial charge in [-0.3, -0.25) is 9.59 Å². The second kappa shape index (κ2) is 11.7. The van der Waals surface area contributed by atoms with Gasteiger partial charge in [0.1, 0.15) is 30.1 Å². The van der Waals surface area contributed by atoms with Crippen molar-refractivity contribution in [1.29, 1.82) is 0 Å². The lowest BCUT2D eigenvalue weighted by atomic mass is 9.91. The van der Waals surface area contributed by atoms with Crippen molar-refractivity contribution in [3.8, 4) is 0 Å². The zero-order valence-corrected chi connectivity index (χ0v) is 16.8. The lowest BCUT2D eigenvalue weighted by Crippen LogP contribution is -2.64. The van der Waals surface area contributed by atoms with Gasteiger partial charge in [-0.2, -0.15) is 0 Å². The minimum absolute atomic E-state index is 0.266. The number of hydrogen-bond donors (Lipinski definition) is 4. The molecule has 0 radical (unpaired) electrons.